The van der Waals surface area contributed by atoms with Crippen LogP contribution in [-0.2, 0) is 18.3 Å². The number of carbonyl (C=O) groups excluding carboxylic acids is 1. The number of aryl methyl sites for hydroxylation is 2. The fourth-order valence-corrected chi connectivity index (χ4v) is 5.12. The lowest BCUT2D eigenvalue weighted by atomic mass is 9.93. The summed E-state index contributed by atoms with van der Waals surface area (Å²) >= 11 is 0. The third-order valence-electron chi connectivity index (χ3n) is 7.02. The van der Waals surface area contributed by atoms with Crippen LogP contribution in [0.3, 0.4) is 0 Å². The Labute approximate surface area is 200 Å². The molecule has 0 atom stereocenters. The minimum absolute atomic E-state index is 0.178. The molecule has 1 amide bonds. The van der Waals surface area contributed by atoms with Crippen LogP contribution in [-0.4, -0.2) is 69.0 Å². The third kappa shape index (κ3) is 4.09. The van der Waals surface area contributed by atoms with Gasteiger partial charge in [0.15, 0.2) is 0 Å². The van der Waals surface area contributed by atoms with Gasteiger partial charge in [-0.3, -0.25) is 14.7 Å². The standard InChI is InChI=1S/C27H34N6O/c1-17(2)24-25(21-15-32(5)27-20(21)7-6-12-28-27)30-22-11-10-19(29-26(22)24)9-8-18-13-33(14-18)16-23(34)31(3)4/h6-7,10-12,15,17-18,30H,8-9,13-14,16H2,1-5H3. The van der Waals surface area contributed by atoms with E-state index in [4.69, 9.17) is 4.98 Å². The molecule has 178 valence electrons. The molecular formula is C27H34N6O. The van der Waals surface area contributed by atoms with Crippen LogP contribution in [0.2, 0.25) is 0 Å². The molecule has 7 heteroatoms. The molecule has 5 heterocycles. The lowest BCUT2D eigenvalue weighted by molar-refractivity contribution is -0.131. The van der Waals surface area contributed by atoms with Crippen LogP contribution in [0.1, 0.15) is 37.4 Å². The molecule has 1 aliphatic heterocycles. The van der Waals surface area contributed by atoms with E-state index < -0.39 is 0 Å². The number of aromatic amines is 1. The second-order valence-corrected chi connectivity index (χ2v) is 10.2. The van der Waals surface area contributed by atoms with E-state index in [9.17, 15) is 4.79 Å². The number of hydrogen-bond donors (Lipinski definition) is 1. The summed E-state index contributed by atoms with van der Waals surface area (Å²) in [6, 6.07) is 8.47. The van der Waals surface area contributed by atoms with Gasteiger partial charge in [0.1, 0.15) is 5.65 Å². The number of nitrogens with zero attached hydrogens (tertiary/aromatic N) is 5. The predicted molar refractivity (Wildman–Crippen MR) is 137 cm³/mol. The van der Waals surface area contributed by atoms with Gasteiger partial charge < -0.3 is 14.5 Å². The molecule has 7 nitrogen and oxygen atoms in total. The number of likely N-dealkylation sites (N-methyl/N-ethyl adjacent to an activating group) is 1. The highest BCUT2D eigenvalue weighted by Crippen LogP contribution is 2.38. The zero-order valence-electron chi connectivity index (χ0n) is 20.8. The van der Waals surface area contributed by atoms with Gasteiger partial charge in [0.2, 0.25) is 5.91 Å². The first-order chi connectivity index (χ1) is 16.3. The lowest BCUT2D eigenvalue weighted by Crippen LogP contribution is -2.50. The summed E-state index contributed by atoms with van der Waals surface area (Å²) in [4.78, 5) is 29.1. The Morgan fingerprint density at radius 3 is 2.76 bits per heavy atom. The van der Waals surface area contributed by atoms with Crippen molar-refractivity contribution < 1.29 is 4.79 Å². The van der Waals surface area contributed by atoms with Crippen molar-refractivity contribution in [2.24, 2.45) is 13.0 Å². The van der Waals surface area contributed by atoms with E-state index in [1.54, 1.807) is 4.90 Å². The van der Waals surface area contributed by atoms with Crippen LogP contribution in [0.25, 0.3) is 33.3 Å². The fourth-order valence-electron chi connectivity index (χ4n) is 5.12. The van der Waals surface area contributed by atoms with E-state index in [0.717, 1.165) is 59.4 Å². The minimum Gasteiger partial charge on any atom is -0.353 e. The number of H-pyrrole nitrogens is 1. The van der Waals surface area contributed by atoms with Crippen LogP contribution in [0.15, 0.2) is 36.7 Å². The zero-order chi connectivity index (χ0) is 24.0. The van der Waals surface area contributed by atoms with Crippen molar-refractivity contribution in [1.82, 2.24) is 29.3 Å². The Balaban J connectivity index is 1.37. The summed E-state index contributed by atoms with van der Waals surface area (Å²) < 4.78 is 2.09. The van der Waals surface area contributed by atoms with Crippen molar-refractivity contribution in [1.29, 1.82) is 0 Å². The second-order valence-electron chi connectivity index (χ2n) is 10.2. The molecule has 1 fully saturated rings. The molecule has 1 aliphatic rings. The largest absolute Gasteiger partial charge is 0.353 e. The molecule has 0 spiro atoms. The maximum atomic E-state index is 11.9. The van der Waals surface area contributed by atoms with E-state index in [1.165, 1.54) is 11.1 Å². The highest BCUT2D eigenvalue weighted by molar-refractivity contribution is 5.98. The van der Waals surface area contributed by atoms with Gasteiger partial charge in [0, 0.05) is 68.8 Å². The van der Waals surface area contributed by atoms with Crippen molar-refractivity contribution in [3.63, 3.8) is 0 Å². The van der Waals surface area contributed by atoms with E-state index in [-0.39, 0.29) is 5.91 Å². The van der Waals surface area contributed by atoms with Gasteiger partial charge in [0.25, 0.3) is 0 Å². The summed E-state index contributed by atoms with van der Waals surface area (Å²) in [6.07, 6.45) is 6.08. The summed E-state index contributed by atoms with van der Waals surface area (Å²) in [6.45, 7) is 7.01. The van der Waals surface area contributed by atoms with Crippen LogP contribution < -0.4 is 0 Å². The summed E-state index contributed by atoms with van der Waals surface area (Å²) in [7, 11) is 5.68. The maximum absolute atomic E-state index is 11.9. The SMILES string of the molecule is CC(C)c1c(-c2cn(C)c3ncccc23)[nH]c2ccc(CCC3CN(CC(=O)N(C)C)C3)nc12. The van der Waals surface area contributed by atoms with Gasteiger partial charge in [-0.2, -0.15) is 0 Å². The van der Waals surface area contributed by atoms with Gasteiger partial charge in [0.05, 0.1) is 23.3 Å². The Bertz CT molecular complexity index is 1340. The number of aromatic nitrogens is 4. The topological polar surface area (TPSA) is 70.1 Å². The summed E-state index contributed by atoms with van der Waals surface area (Å²) in [5.41, 5.74) is 7.88. The quantitative estimate of drug-likeness (QED) is 0.451. The average molecular weight is 459 g/mol. The van der Waals surface area contributed by atoms with Crippen molar-refractivity contribution in [2.45, 2.75) is 32.6 Å². The van der Waals surface area contributed by atoms with Gasteiger partial charge in [-0.15, -0.1) is 0 Å². The summed E-state index contributed by atoms with van der Waals surface area (Å²) in [5, 5.41) is 1.15. The first kappa shape index (κ1) is 22.6. The molecule has 0 radical (unpaired) electrons. The highest BCUT2D eigenvalue weighted by Gasteiger charge is 2.28. The third-order valence-corrected chi connectivity index (χ3v) is 7.02. The number of hydrogen-bond acceptors (Lipinski definition) is 4. The van der Waals surface area contributed by atoms with E-state index >= 15 is 0 Å². The van der Waals surface area contributed by atoms with Crippen LogP contribution in [0.5, 0.6) is 0 Å². The number of amides is 1. The number of pyridine rings is 2. The van der Waals surface area contributed by atoms with Gasteiger partial charge in [-0.05, 0) is 48.9 Å². The maximum Gasteiger partial charge on any atom is 0.236 e. The molecule has 34 heavy (non-hydrogen) atoms. The summed E-state index contributed by atoms with van der Waals surface area (Å²) in [5.74, 6) is 1.16. The van der Waals surface area contributed by atoms with Crippen molar-refractivity contribution in [3.8, 4) is 11.3 Å². The Hall–Kier alpha value is -3.19. The minimum atomic E-state index is 0.178. The molecule has 1 N–H and O–H groups in total. The van der Waals surface area contributed by atoms with E-state index in [0.29, 0.717) is 18.4 Å². The Morgan fingerprint density at radius 1 is 1.24 bits per heavy atom. The van der Waals surface area contributed by atoms with Crippen molar-refractivity contribution in [3.05, 3.63) is 47.9 Å². The highest BCUT2D eigenvalue weighted by atomic mass is 16.2. The van der Waals surface area contributed by atoms with Gasteiger partial charge in [-0.1, -0.05) is 13.8 Å². The molecular weight excluding hydrogens is 424 g/mol. The Kier molecular flexibility index (Phi) is 5.90. The Morgan fingerprint density at radius 2 is 2.03 bits per heavy atom. The van der Waals surface area contributed by atoms with Gasteiger partial charge in [-0.25, -0.2) is 4.98 Å². The smallest absolute Gasteiger partial charge is 0.236 e. The molecule has 0 aromatic carbocycles. The first-order valence-corrected chi connectivity index (χ1v) is 12.2. The molecule has 0 unspecified atom stereocenters. The molecule has 4 aromatic heterocycles. The molecule has 4 aromatic rings. The predicted octanol–water partition coefficient (Wildman–Crippen LogP) is 4.19. The normalized spacial score (nSPS) is 14.9. The second kappa shape index (κ2) is 8.87. The van der Waals surface area contributed by atoms with Crippen LogP contribution in [0, 0.1) is 5.92 Å². The number of fused-ring (bicyclic) bond motifs is 2. The first-order valence-electron chi connectivity index (χ1n) is 12.2. The van der Waals surface area contributed by atoms with Crippen LogP contribution >= 0.6 is 0 Å². The number of carbonyl (C=O) groups is 1. The average Bonchev–Trinajstić information content (AvgIpc) is 3.32. The number of rotatable bonds is 7. The van der Waals surface area contributed by atoms with E-state index in [1.807, 2.05) is 33.4 Å². The fraction of sp³-hybridized carbons (Fsp3) is 0.444. The molecule has 1 saturated heterocycles. The van der Waals surface area contributed by atoms with Gasteiger partial charge >= 0.3 is 0 Å². The number of likely N-dealkylation sites (tertiary alicyclic amines) is 1. The molecule has 5 rings (SSSR count). The number of nitrogens with one attached hydrogen (secondary N) is 1. The van der Waals surface area contributed by atoms with Crippen LogP contribution in [0.4, 0.5) is 0 Å². The van der Waals surface area contributed by atoms with E-state index in [2.05, 4.69) is 57.7 Å². The molecule has 0 saturated carbocycles. The monoisotopic (exact) mass is 458 g/mol. The van der Waals surface area contributed by atoms with Crippen molar-refractivity contribution in [2.75, 3.05) is 33.7 Å². The van der Waals surface area contributed by atoms with Crippen molar-refractivity contribution >= 4 is 28.0 Å². The lowest BCUT2D eigenvalue weighted by Gasteiger charge is -2.39. The molecule has 0 bridgehead atoms. The molecule has 0 aliphatic carbocycles. The zero-order valence-corrected chi connectivity index (χ0v) is 20.8.